The number of nitrogens with zero attached hydrogens (tertiary/aromatic N) is 4. The maximum Gasteiger partial charge on any atom is 0.246 e. The average molecular weight is 348 g/mol. The van der Waals surface area contributed by atoms with Crippen molar-refractivity contribution in [1.82, 2.24) is 19.0 Å². The minimum atomic E-state index is -3.52. The number of para-hydroxylation sites is 1. The first-order valence-corrected chi connectivity index (χ1v) is 9.73. The number of likely N-dealkylation sites (N-methyl/N-ethyl adjacent to an activating group) is 1. The Labute approximate surface area is 143 Å². The van der Waals surface area contributed by atoms with Gasteiger partial charge in [-0.05, 0) is 32.5 Å². The normalized spacial score (nSPS) is 17.3. The zero-order chi connectivity index (χ0) is 17.3. The van der Waals surface area contributed by atoms with E-state index in [4.69, 9.17) is 0 Å². The Morgan fingerprint density at radius 1 is 1.04 bits per heavy atom. The highest BCUT2D eigenvalue weighted by Gasteiger charge is 2.33. The summed E-state index contributed by atoms with van der Waals surface area (Å²) >= 11 is 0. The van der Waals surface area contributed by atoms with Crippen molar-refractivity contribution in [1.29, 1.82) is 0 Å². The summed E-state index contributed by atoms with van der Waals surface area (Å²) in [4.78, 5) is 2.61. The van der Waals surface area contributed by atoms with Crippen LogP contribution >= 0.6 is 0 Å². The van der Waals surface area contributed by atoms with Crippen LogP contribution in [0.5, 0.6) is 0 Å². The Bertz CT molecular complexity index is 807. The van der Waals surface area contributed by atoms with Crippen LogP contribution in [0.15, 0.2) is 35.2 Å². The van der Waals surface area contributed by atoms with E-state index in [2.05, 4.69) is 16.9 Å². The van der Waals surface area contributed by atoms with Crippen LogP contribution in [0.3, 0.4) is 0 Å². The van der Waals surface area contributed by atoms with Gasteiger partial charge in [0.1, 0.15) is 4.90 Å². The highest BCUT2D eigenvalue weighted by molar-refractivity contribution is 7.89. The van der Waals surface area contributed by atoms with Crippen LogP contribution in [0.1, 0.15) is 18.3 Å². The van der Waals surface area contributed by atoms with Gasteiger partial charge in [0, 0.05) is 26.2 Å². The van der Waals surface area contributed by atoms with Gasteiger partial charge in [-0.25, -0.2) is 13.1 Å². The number of piperazine rings is 1. The van der Waals surface area contributed by atoms with Gasteiger partial charge in [0.2, 0.25) is 10.0 Å². The molecule has 2 aromatic rings. The summed E-state index contributed by atoms with van der Waals surface area (Å²) in [6.45, 7) is 9.27. The Morgan fingerprint density at radius 3 is 2.25 bits per heavy atom. The predicted octanol–water partition coefficient (Wildman–Crippen LogP) is 1.82. The van der Waals surface area contributed by atoms with E-state index >= 15 is 0 Å². The van der Waals surface area contributed by atoms with Crippen LogP contribution in [-0.4, -0.2) is 60.1 Å². The fourth-order valence-corrected chi connectivity index (χ4v) is 5.01. The van der Waals surface area contributed by atoms with Crippen LogP contribution in [-0.2, 0) is 10.0 Å². The Hall–Kier alpha value is -1.70. The topological polar surface area (TPSA) is 58.4 Å². The van der Waals surface area contributed by atoms with Crippen molar-refractivity contribution in [2.24, 2.45) is 0 Å². The lowest BCUT2D eigenvalue weighted by atomic mass is 10.3. The van der Waals surface area contributed by atoms with Gasteiger partial charge in [0.05, 0.1) is 17.1 Å². The fourth-order valence-electron chi connectivity index (χ4n) is 3.24. The standard InChI is InChI=1S/C17H24N4O2S/c1-4-19-10-12-20(13-11-19)24(22,23)17-14(2)18-21(15(17)3)16-8-6-5-7-9-16/h5-9H,4,10-13H2,1-3H3. The Kier molecular flexibility index (Phi) is 4.76. The van der Waals surface area contributed by atoms with Gasteiger partial charge in [-0.15, -0.1) is 0 Å². The molecule has 1 aliphatic heterocycles. The van der Waals surface area contributed by atoms with E-state index < -0.39 is 10.0 Å². The Balaban J connectivity index is 1.96. The van der Waals surface area contributed by atoms with E-state index in [1.165, 1.54) is 0 Å². The van der Waals surface area contributed by atoms with Crippen LogP contribution in [0, 0.1) is 13.8 Å². The molecule has 0 aliphatic carbocycles. The second kappa shape index (κ2) is 6.66. The zero-order valence-corrected chi connectivity index (χ0v) is 15.3. The fraction of sp³-hybridized carbons (Fsp3) is 0.471. The minimum Gasteiger partial charge on any atom is -0.301 e. The first-order chi connectivity index (χ1) is 11.4. The number of hydrogen-bond acceptors (Lipinski definition) is 4. The van der Waals surface area contributed by atoms with Gasteiger partial charge in [-0.2, -0.15) is 9.40 Å². The monoisotopic (exact) mass is 348 g/mol. The van der Waals surface area contributed by atoms with Crippen molar-refractivity contribution in [3.8, 4) is 5.69 Å². The molecule has 130 valence electrons. The molecular formula is C17H24N4O2S. The second-order valence-corrected chi connectivity index (χ2v) is 7.96. The lowest BCUT2D eigenvalue weighted by Gasteiger charge is -2.33. The molecule has 0 amide bonds. The molecule has 0 N–H and O–H groups in total. The van der Waals surface area contributed by atoms with Crippen molar-refractivity contribution < 1.29 is 8.42 Å². The summed E-state index contributed by atoms with van der Waals surface area (Å²) in [5, 5.41) is 4.47. The summed E-state index contributed by atoms with van der Waals surface area (Å²) in [6, 6.07) is 9.62. The summed E-state index contributed by atoms with van der Waals surface area (Å²) in [5.41, 5.74) is 2.08. The zero-order valence-electron chi connectivity index (χ0n) is 14.4. The van der Waals surface area contributed by atoms with Crippen LogP contribution in [0.2, 0.25) is 0 Å². The number of aromatic nitrogens is 2. The molecule has 2 heterocycles. The molecule has 1 aliphatic rings. The van der Waals surface area contributed by atoms with Gasteiger partial charge in [0.15, 0.2) is 0 Å². The lowest BCUT2D eigenvalue weighted by molar-refractivity contribution is 0.196. The molecule has 0 bridgehead atoms. The van der Waals surface area contributed by atoms with Gasteiger partial charge in [-0.3, -0.25) is 0 Å². The number of hydrogen-bond donors (Lipinski definition) is 0. The predicted molar refractivity (Wildman–Crippen MR) is 93.9 cm³/mol. The first kappa shape index (κ1) is 17.1. The van der Waals surface area contributed by atoms with Crippen molar-refractivity contribution in [3.63, 3.8) is 0 Å². The average Bonchev–Trinajstić information content (AvgIpc) is 2.90. The van der Waals surface area contributed by atoms with E-state index in [-0.39, 0.29) is 0 Å². The van der Waals surface area contributed by atoms with E-state index in [0.29, 0.717) is 29.4 Å². The minimum absolute atomic E-state index is 0.344. The number of rotatable bonds is 4. The molecule has 1 aromatic carbocycles. The summed E-state index contributed by atoms with van der Waals surface area (Å²) in [7, 11) is -3.52. The molecular weight excluding hydrogens is 324 g/mol. The lowest BCUT2D eigenvalue weighted by Crippen LogP contribution is -2.48. The van der Waals surface area contributed by atoms with E-state index in [1.807, 2.05) is 37.3 Å². The quantitative estimate of drug-likeness (QED) is 0.846. The smallest absolute Gasteiger partial charge is 0.246 e. The molecule has 0 spiro atoms. The molecule has 7 heteroatoms. The van der Waals surface area contributed by atoms with E-state index in [9.17, 15) is 8.42 Å². The number of aryl methyl sites for hydroxylation is 1. The molecule has 0 saturated carbocycles. The molecule has 0 radical (unpaired) electrons. The van der Waals surface area contributed by atoms with Crippen molar-refractivity contribution >= 4 is 10.0 Å². The number of benzene rings is 1. The van der Waals surface area contributed by atoms with E-state index in [1.54, 1.807) is 15.9 Å². The summed E-state index contributed by atoms with van der Waals surface area (Å²) in [6.07, 6.45) is 0. The molecule has 0 unspecified atom stereocenters. The van der Waals surface area contributed by atoms with Gasteiger partial charge in [-0.1, -0.05) is 25.1 Å². The summed E-state index contributed by atoms with van der Waals surface area (Å²) < 4.78 is 29.5. The third-order valence-electron chi connectivity index (χ3n) is 4.60. The van der Waals surface area contributed by atoms with Gasteiger partial charge in [0.25, 0.3) is 0 Å². The molecule has 24 heavy (non-hydrogen) atoms. The summed E-state index contributed by atoms with van der Waals surface area (Å²) in [5.74, 6) is 0. The van der Waals surface area contributed by atoms with Crippen LogP contribution in [0.4, 0.5) is 0 Å². The van der Waals surface area contributed by atoms with Crippen LogP contribution in [0.25, 0.3) is 5.69 Å². The van der Waals surface area contributed by atoms with Crippen molar-refractivity contribution in [3.05, 3.63) is 41.7 Å². The SMILES string of the molecule is CCN1CCN(S(=O)(=O)c2c(C)nn(-c3ccccc3)c2C)CC1. The largest absolute Gasteiger partial charge is 0.301 e. The maximum atomic E-state index is 13.1. The van der Waals surface area contributed by atoms with Crippen LogP contribution < -0.4 is 0 Å². The highest BCUT2D eigenvalue weighted by Crippen LogP contribution is 2.26. The molecule has 1 fully saturated rings. The van der Waals surface area contributed by atoms with Crippen molar-refractivity contribution in [2.75, 3.05) is 32.7 Å². The molecule has 0 atom stereocenters. The number of sulfonamides is 1. The third-order valence-corrected chi connectivity index (χ3v) is 6.75. The molecule has 1 aromatic heterocycles. The molecule has 6 nitrogen and oxygen atoms in total. The van der Waals surface area contributed by atoms with Crippen molar-refractivity contribution in [2.45, 2.75) is 25.7 Å². The molecule has 3 rings (SSSR count). The van der Waals surface area contributed by atoms with E-state index in [0.717, 1.165) is 25.3 Å². The molecule has 1 saturated heterocycles. The highest BCUT2D eigenvalue weighted by atomic mass is 32.2. The Morgan fingerprint density at radius 2 is 1.67 bits per heavy atom. The van der Waals surface area contributed by atoms with Gasteiger partial charge < -0.3 is 4.90 Å². The van der Waals surface area contributed by atoms with Gasteiger partial charge >= 0.3 is 0 Å². The third kappa shape index (κ3) is 2.99. The maximum absolute atomic E-state index is 13.1. The second-order valence-electron chi connectivity index (χ2n) is 6.09. The first-order valence-electron chi connectivity index (χ1n) is 8.29.